The number of rotatable bonds is 6. The highest BCUT2D eigenvalue weighted by Crippen LogP contribution is 2.41. The van der Waals surface area contributed by atoms with E-state index in [1.165, 1.54) is 0 Å². The third-order valence-electron chi connectivity index (χ3n) is 2.28. The maximum Gasteiger partial charge on any atom is 0.438 e. The summed E-state index contributed by atoms with van der Waals surface area (Å²) in [7, 11) is 0. The number of ether oxygens (including phenoxy) is 1. The number of thiazole rings is 1. The Kier molecular flexibility index (Phi) is 6.06. The van der Waals surface area contributed by atoms with Gasteiger partial charge in [0.05, 0.1) is 0 Å². The molecule has 3 nitrogen and oxygen atoms in total. The zero-order chi connectivity index (χ0) is 14.5. The summed E-state index contributed by atoms with van der Waals surface area (Å²) >= 11 is 5.92. The second kappa shape index (κ2) is 7.09. The summed E-state index contributed by atoms with van der Waals surface area (Å²) in [4.78, 5) is 14.5. The van der Waals surface area contributed by atoms with E-state index >= 15 is 0 Å². The lowest BCUT2D eigenvalue weighted by Gasteiger charge is -2.06. The van der Waals surface area contributed by atoms with Crippen molar-refractivity contribution in [1.29, 1.82) is 0 Å². The van der Waals surface area contributed by atoms with Gasteiger partial charge in [-0.2, -0.15) is 13.2 Å². The Morgan fingerprint density at radius 3 is 2.63 bits per heavy atom. The van der Waals surface area contributed by atoms with Gasteiger partial charge in [0, 0.05) is 6.42 Å². The smallest absolute Gasteiger partial charge is 0.413 e. The summed E-state index contributed by atoms with van der Waals surface area (Å²) in [6.07, 6.45) is -1.15. The van der Waals surface area contributed by atoms with Gasteiger partial charge in [0.2, 0.25) is 10.8 Å². The monoisotopic (exact) mass is 315 g/mol. The van der Waals surface area contributed by atoms with Crippen LogP contribution >= 0.6 is 22.9 Å². The van der Waals surface area contributed by atoms with Gasteiger partial charge in [-0.1, -0.05) is 49.1 Å². The fraction of sp³-hybridized carbons (Fsp3) is 0.636. The first-order valence-corrected chi connectivity index (χ1v) is 6.98. The normalized spacial score (nSPS) is 11.6. The molecule has 0 saturated heterocycles. The number of hydrogen-bond donors (Lipinski definition) is 0. The van der Waals surface area contributed by atoms with Crippen molar-refractivity contribution in [2.24, 2.45) is 0 Å². The van der Waals surface area contributed by atoms with Crippen LogP contribution in [0.5, 0.6) is 5.06 Å². The summed E-state index contributed by atoms with van der Waals surface area (Å²) in [6.45, 7) is 2.02. The standard InChI is InChI=1S/C11H13ClF3NO2S/c1-2-3-4-5-6-7(17)18-9-8(11(13,14)15)16-10(12)19-9/h2-6H2,1H3. The Bertz CT molecular complexity index is 434. The van der Waals surface area contributed by atoms with Crippen molar-refractivity contribution in [2.45, 2.75) is 45.2 Å². The van der Waals surface area contributed by atoms with Gasteiger partial charge in [0.25, 0.3) is 0 Å². The first kappa shape index (κ1) is 16.2. The molecule has 0 saturated carbocycles. The van der Waals surface area contributed by atoms with Gasteiger partial charge >= 0.3 is 12.1 Å². The lowest BCUT2D eigenvalue weighted by Crippen LogP contribution is -2.12. The number of carbonyl (C=O) groups excluding carboxylic acids is 1. The zero-order valence-corrected chi connectivity index (χ0v) is 11.8. The number of aromatic nitrogens is 1. The van der Waals surface area contributed by atoms with Gasteiger partial charge in [-0.3, -0.25) is 4.79 Å². The van der Waals surface area contributed by atoms with Crippen LogP contribution < -0.4 is 4.74 Å². The van der Waals surface area contributed by atoms with Crippen molar-refractivity contribution in [3.63, 3.8) is 0 Å². The molecule has 1 rings (SSSR count). The summed E-state index contributed by atoms with van der Waals surface area (Å²) in [5.74, 6) is -0.693. The maximum absolute atomic E-state index is 12.6. The van der Waals surface area contributed by atoms with E-state index < -0.39 is 22.9 Å². The van der Waals surface area contributed by atoms with E-state index in [0.717, 1.165) is 19.3 Å². The molecule has 8 heteroatoms. The molecule has 19 heavy (non-hydrogen) atoms. The van der Waals surface area contributed by atoms with Crippen LogP contribution in [0.15, 0.2) is 0 Å². The van der Waals surface area contributed by atoms with Crippen molar-refractivity contribution >= 4 is 28.9 Å². The predicted molar refractivity (Wildman–Crippen MR) is 66.5 cm³/mol. The summed E-state index contributed by atoms with van der Waals surface area (Å²) in [6, 6.07) is 0. The average Bonchev–Trinajstić information content (AvgIpc) is 2.65. The number of unbranched alkanes of at least 4 members (excludes halogenated alkanes) is 3. The number of carbonyl (C=O) groups is 1. The number of alkyl halides is 3. The Morgan fingerprint density at radius 1 is 1.37 bits per heavy atom. The van der Waals surface area contributed by atoms with E-state index in [9.17, 15) is 18.0 Å². The first-order valence-electron chi connectivity index (χ1n) is 5.78. The topological polar surface area (TPSA) is 39.2 Å². The van der Waals surface area contributed by atoms with E-state index in [1.54, 1.807) is 0 Å². The molecule has 0 amide bonds. The minimum atomic E-state index is -4.68. The summed E-state index contributed by atoms with van der Waals surface area (Å²) < 4.78 is 42.1. The van der Waals surface area contributed by atoms with E-state index in [2.05, 4.69) is 9.72 Å². The van der Waals surface area contributed by atoms with E-state index in [-0.39, 0.29) is 10.9 Å². The lowest BCUT2D eigenvalue weighted by molar-refractivity contribution is -0.144. The second-order valence-electron chi connectivity index (χ2n) is 3.89. The van der Waals surface area contributed by atoms with Crippen molar-refractivity contribution in [1.82, 2.24) is 4.98 Å². The average molecular weight is 316 g/mol. The van der Waals surface area contributed by atoms with Gasteiger partial charge in [-0.15, -0.1) is 0 Å². The highest BCUT2D eigenvalue weighted by molar-refractivity contribution is 7.17. The molecular weight excluding hydrogens is 303 g/mol. The largest absolute Gasteiger partial charge is 0.438 e. The third kappa shape index (κ3) is 5.36. The Labute approximate surface area is 117 Å². The van der Waals surface area contributed by atoms with E-state index in [1.807, 2.05) is 6.92 Å². The molecule has 0 atom stereocenters. The Hall–Kier alpha value is -0.820. The van der Waals surface area contributed by atoms with Gasteiger partial charge in [-0.25, -0.2) is 4.98 Å². The van der Waals surface area contributed by atoms with Crippen molar-refractivity contribution in [2.75, 3.05) is 0 Å². The highest BCUT2D eigenvalue weighted by atomic mass is 35.5. The molecule has 0 unspecified atom stereocenters. The first-order chi connectivity index (χ1) is 8.84. The molecule has 0 aliphatic heterocycles. The molecule has 0 aliphatic carbocycles. The molecule has 108 valence electrons. The molecule has 0 bridgehead atoms. The van der Waals surface area contributed by atoms with Crippen LogP contribution in [0.3, 0.4) is 0 Å². The predicted octanol–water partition coefficient (Wildman–Crippen LogP) is 4.69. The van der Waals surface area contributed by atoms with Crippen LogP contribution in [0, 0.1) is 0 Å². The van der Waals surface area contributed by atoms with Crippen LogP contribution in [0.4, 0.5) is 13.2 Å². The molecule has 0 aliphatic rings. The maximum atomic E-state index is 12.6. The molecule has 1 aromatic rings. The molecule has 1 heterocycles. The molecule has 0 radical (unpaired) electrons. The molecular formula is C11H13ClF3NO2S. The highest BCUT2D eigenvalue weighted by Gasteiger charge is 2.39. The Balaban J connectivity index is 2.59. The fourth-order valence-electron chi connectivity index (χ4n) is 1.38. The molecule has 0 fully saturated rings. The zero-order valence-electron chi connectivity index (χ0n) is 10.2. The number of esters is 1. The van der Waals surface area contributed by atoms with Gasteiger partial charge in [-0.05, 0) is 6.42 Å². The quantitative estimate of drug-likeness (QED) is 0.564. The van der Waals surface area contributed by atoms with Crippen molar-refractivity contribution < 1.29 is 22.7 Å². The molecule has 0 aromatic carbocycles. The van der Waals surface area contributed by atoms with E-state index in [0.29, 0.717) is 17.8 Å². The fourth-order valence-corrected chi connectivity index (χ4v) is 2.36. The molecule has 1 aromatic heterocycles. The summed E-state index contributed by atoms with van der Waals surface area (Å²) in [5, 5.41) is -0.585. The summed E-state index contributed by atoms with van der Waals surface area (Å²) in [5.41, 5.74) is -1.25. The van der Waals surface area contributed by atoms with Gasteiger partial charge in [0.15, 0.2) is 4.47 Å². The van der Waals surface area contributed by atoms with Crippen molar-refractivity contribution in [3.05, 3.63) is 10.2 Å². The lowest BCUT2D eigenvalue weighted by atomic mass is 10.2. The van der Waals surface area contributed by atoms with Crippen LogP contribution in [-0.2, 0) is 11.0 Å². The Morgan fingerprint density at radius 2 is 2.05 bits per heavy atom. The van der Waals surface area contributed by atoms with E-state index in [4.69, 9.17) is 11.6 Å². The van der Waals surface area contributed by atoms with Crippen LogP contribution in [0.2, 0.25) is 4.47 Å². The molecule has 0 spiro atoms. The SMILES string of the molecule is CCCCCCC(=O)Oc1sc(Cl)nc1C(F)(F)F. The number of halogens is 4. The van der Waals surface area contributed by atoms with Crippen LogP contribution in [-0.4, -0.2) is 11.0 Å². The number of nitrogens with zero attached hydrogens (tertiary/aromatic N) is 1. The number of hydrogen-bond acceptors (Lipinski definition) is 4. The molecule has 0 N–H and O–H groups in total. The third-order valence-corrected chi connectivity index (χ3v) is 3.32. The van der Waals surface area contributed by atoms with Gasteiger partial charge < -0.3 is 4.74 Å². The second-order valence-corrected chi connectivity index (χ2v) is 5.43. The minimum absolute atomic E-state index is 0.0901. The minimum Gasteiger partial charge on any atom is -0.413 e. The van der Waals surface area contributed by atoms with Crippen LogP contribution in [0.25, 0.3) is 0 Å². The van der Waals surface area contributed by atoms with Crippen LogP contribution in [0.1, 0.15) is 44.7 Å². The van der Waals surface area contributed by atoms with Crippen molar-refractivity contribution in [3.8, 4) is 5.06 Å². The van der Waals surface area contributed by atoms with Gasteiger partial charge in [0.1, 0.15) is 0 Å².